The number of methoxy groups -OCH3 is 1. The molecule has 2 rings (SSSR count). The van der Waals surface area contributed by atoms with E-state index in [0.717, 1.165) is 18.7 Å². The number of hydrogen-bond donors (Lipinski definition) is 0. The van der Waals surface area contributed by atoms with Crippen LogP contribution in [0, 0.1) is 12.3 Å². The minimum Gasteiger partial charge on any atom is -0.496 e. The molecule has 0 radical (unpaired) electrons. The first kappa shape index (κ1) is 16.0. The van der Waals surface area contributed by atoms with Gasteiger partial charge < -0.3 is 4.74 Å². The summed E-state index contributed by atoms with van der Waals surface area (Å²) in [5.41, 5.74) is 2.27. The summed E-state index contributed by atoms with van der Waals surface area (Å²) < 4.78 is 5.35. The number of rotatable bonds is 5. The molecule has 21 heavy (non-hydrogen) atoms. The third-order valence-electron chi connectivity index (χ3n) is 4.94. The number of nitrogens with zero attached hydrogens (tertiary/aromatic N) is 1. The Morgan fingerprint density at radius 1 is 1.33 bits per heavy atom. The number of likely N-dealkylation sites (tertiary alicyclic amines) is 1. The van der Waals surface area contributed by atoms with Crippen molar-refractivity contribution in [1.29, 1.82) is 0 Å². The SMILES string of the molecule is CCC1(C)CCN(CC(=O)c2ccc(C)cc2OC)CC1. The van der Waals surface area contributed by atoms with Gasteiger partial charge in [0.1, 0.15) is 5.75 Å². The lowest BCUT2D eigenvalue weighted by Gasteiger charge is -2.38. The molecule has 0 bridgehead atoms. The number of carbonyl (C=O) groups excluding carboxylic acids is 1. The lowest BCUT2D eigenvalue weighted by molar-refractivity contribution is 0.0810. The number of ether oxygens (including phenoxy) is 1. The highest BCUT2D eigenvalue weighted by atomic mass is 16.5. The maximum absolute atomic E-state index is 12.5. The normalized spacial score (nSPS) is 18.5. The molecule has 0 amide bonds. The van der Waals surface area contributed by atoms with Crippen molar-refractivity contribution in [2.75, 3.05) is 26.7 Å². The third kappa shape index (κ3) is 3.85. The summed E-state index contributed by atoms with van der Waals surface area (Å²) in [6.07, 6.45) is 3.59. The van der Waals surface area contributed by atoms with Gasteiger partial charge in [-0.2, -0.15) is 0 Å². The fraction of sp³-hybridized carbons (Fsp3) is 0.611. The van der Waals surface area contributed by atoms with Gasteiger partial charge in [-0.25, -0.2) is 0 Å². The van der Waals surface area contributed by atoms with Crippen LogP contribution in [-0.2, 0) is 0 Å². The molecule has 1 fully saturated rings. The molecule has 0 unspecified atom stereocenters. The molecule has 0 aliphatic carbocycles. The summed E-state index contributed by atoms with van der Waals surface area (Å²) in [7, 11) is 1.62. The van der Waals surface area contributed by atoms with Crippen molar-refractivity contribution in [3.63, 3.8) is 0 Å². The minimum atomic E-state index is 0.159. The summed E-state index contributed by atoms with van der Waals surface area (Å²) in [5.74, 6) is 0.849. The van der Waals surface area contributed by atoms with Crippen molar-refractivity contribution in [2.24, 2.45) is 5.41 Å². The first-order chi connectivity index (χ1) is 9.97. The van der Waals surface area contributed by atoms with Crippen molar-refractivity contribution in [3.8, 4) is 5.75 Å². The molecule has 116 valence electrons. The number of ketones is 1. The molecule has 0 aromatic heterocycles. The van der Waals surface area contributed by atoms with E-state index in [0.29, 0.717) is 23.3 Å². The van der Waals surface area contributed by atoms with Crippen molar-refractivity contribution < 1.29 is 9.53 Å². The zero-order valence-corrected chi connectivity index (χ0v) is 13.7. The maximum atomic E-state index is 12.5. The van der Waals surface area contributed by atoms with Crippen LogP contribution in [0.15, 0.2) is 18.2 Å². The number of hydrogen-bond acceptors (Lipinski definition) is 3. The minimum absolute atomic E-state index is 0.159. The van der Waals surface area contributed by atoms with E-state index in [1.165, 1.54) is 19.3 Å². The summed E-state index contributed by atoms with van der Waals surface area (Å²) in [6.45, 7) is 9.16. The number of aryl methyl sites for hydroxylation is 1. The second-order valence-corrected chi connectivity index (χ2v) is 6.57. The van der Waals surface area contributed by atoms with Gasteiger partial charge in [-0.05, 0) is 56.0 Å². The Kier molecular flexibility index (Phi) is 5.04. The molecule has 1 aliphatic heterocycles. The Bertz CT molecular complexity index is 502. The van der Waals surface area contributed by atoms with Crippen molar-refractivity contribution in [2.45, 2.75) is 40.0 Å². The van der Waals surface area contributed by atoms with Crippen LogP contribution in [0.1, 0.15) is 49.0 Å². The zero-order valence-electron chi connectivity index (χ0n) is 13.7. The number of Topliss-reactive ketones (excluding diaryl/α,β-unsaturated/α-hetero) is 1. The van der Waals surface area contributed by atoms with Gasteiger partial charge in [0.05, 0.1) is 19.2 Å². The Labute approximate surface area is 128 Å². The highest BCUT2D eigenvalue weighted by Gasteiger charge is 2.29. The van der Waals surface area contributed by atoms with E-state index in [9.17, 15) is 4.79 Å². The van der Waals surface area contributed by atoms with Crippen LogP contribution in [0.3, 0.4) is 0 Å². The Balaban J connectivity index is 2.00. The van der Waals surface area contributed by atoms with E-state index in [1.54, 1.807) is 7.11 Å². The monoisotopic (exact) mass is 289 g/mol. The fourth-order valence-corrected chi connectivity index (χ4v) is 2.92. The molecule has 0 spiro atoms. The summed E-state index contributed by atoms with van der Waals surface area (Å²) in [4.78, 5) is 14.8. The molecular formula is C18H27NO2. The second-order valence-electron chi connectivity index (χ2n) is 6.57. The molecule has 0 atom stereocenters. The van der Waals surface area contributed by atoms with E-state index < -0.39 is 0 Å². The topological polar surface area (TPSA) is 29.5 Å². The van der Waals surface area contributed by atoms with Crippen LogP contribution >= 0.6 is 0 Å². The average Bonchev–Trinajstić information content (AvgIpc) is 2.49. The van der Waals surface area contributed by atoms with E-state index in [1.807, 2.05) is 25.1 Å². The van der Waals surface area contributed by atoms with Crippen LogP contribution in [0.2, 0.25) is 0 Å². The van der Waals surface area contributed by atoms with Crippen molar-refractivity contribution >= 4 is 5.78 Å². The molecule has 1 aromatic carbocycles. The Hall–Kier alpha value is -1.35. The van der Waals surface area contributed by atoms with Gasteiger partial charge in [0.15, 0.2) is 5.78 Å². The molecule has 1 saturated heterocycles. The molecule has 3 heteroatoms. The summed E-state index contributed by atoms with van der Waals surface area (Å²) in [5, 5.41) is 0. The number of benzene rings is 1. The van der Waals surface area contributed by atoms with Crippen molar-refractivity contribution in [3.05, 3.63) is 29.3 Å². The van der Waals surface area contributed by atoms with Gasteiger partial charge in [-0.3, -0.25) is 9.69 Å². The van der Waals surface area contributed by atoms with E-state index in [2.05, 4.69) is 18.7 Å². The molecule has 3 nitrogen and oxygen atoms in total. The number of piperidine rings is 1. The lowest BCUT2D eigenvalue weighted by Crippen LogP contribution is -2.41. The van der Waals surface area contributed by atoms with E-state index in [-0.39, 0.29) is 5.78 Å². The zero-order chi connectivity index (χ0) is 15.5. The third-order valence-corrected chi connectivity index (χ3v) is 4.94. The highest BCUT2D eigenvalue weighted by molar-refractivity contribution is 6.00. The predicted octanol–water partition coefficient (Wildman–Crippen LogP) is 3.70. The van der Waals surface area contributed by atoms with Crippen LogP contribution in [0.25, 0.3) is 0 Å². The molecule has 0 saturated carbocycles. The Morgan fingerprint density at radius 3 is 2.57 bits per heavy atom. The molecule has 1 aliphatic rings. The lowest BCUT2D eigenvalue weighted by atomic mass is 9.78. The Morgan fingerprint density at radius 2 is 2.00 bits per heavy atom. The largest absolute Gasteiger partial charge is 0.496 e. The van der Waals surface area contributed by atoms with Crippen LogP contribution < -0.4 is 4.74 Å². The summed E-state index contributed by atoms with van der Waals surface area (Å²) >= 11 is 0. The first-order valence-electron chi connectivity index (χ1n) is 7.87. The highest BCUT2D eigenvalue weighted by Crippen LogP contribution is 2.34. The number of carbonyl (C=O) groups is 1. The average molecular weight is 289 g/mol. The van der Waals surface area contributed by atoms with Gasteiger partial charge in [0, 0.05) is 0 Å². The first-order valence-corrected chi connectivity index (χ1v) is 7.87. The molecule has 1 heterocycles. The van der Waals surface area contributed by atoms with Crippen LogP contribution in [0.4, 0.5) is 0 Å². The van der Waals surface area contributed by atoms with Gasteiger partial charge in [0.25, 0.3) is 0 Å². The van der Waals surface area contributed by atoms with Gasteiger partial charge >= 0.3 is 0 Å². The smallest absolute Gasteiger partial charge is 0.180 e. The van der Waals surface area contributed by atoms with E-state index in [4.69, 9.17) is 4.74 Å². The van der Waals surface area contributed by atoms with Crippen LogP contribution in [-0.4, -0.2) is 37.4 Å². The second kappa shape index (κ2) is 6.61. The molecular weight excluding hydrogens is 262 g/mol. The maximum Gasteiger partial charge on any atom is 0.180 e. The molecule has 1 aromatic rings. The fourth-order valence-electron chi connectivity index (χ4n) is 2.92. The van der Waals surface area contributed by atoms with Crippen molar-refractivity contribution in [1.82, 2.24) is 4.90 Å². The van der Waals surface area contributed by atoms with Gasteiger partial charge in [-0.1, -0.05) is 26.3 Å². The standard InChI is InChI=1S/C18H27NO2/c1-5-18(3)8-10-19(11-9-18)13-16(20)15-7-6-14(2)12-17(15)21-4/h6-7,12H,5,8-11,13H2,1-4H3. The quantitative estimate of drug-likeness (QED) is 0.774. The van der Waals surface area contributed by atoms with Crippen LogP contribution in [0.5, 0.6) is 5.75 Å². The molecule has 0 N–H and O–H groups in total. The van der Waals surface area contributed by atoms with Gasteiger partial charge in [-0.15, -0.1) is 0 Å². The van der Waals surface area contributed by atoms with Gasteiger partial charge in [0.2, 0.25) is 0 Å². The van der Waals surface area contributed by atoms with E-state index >= 15 is 0 Å². The predicted molar refractivity (Wildman–Crippen MR) is 86.1 cm³/mol. The summed E-state index contributed by atoms with van der Waals surface area (Å²) in [6, 6.07) is 5.79.